The van der Waals surface area contributed by atoms with Gasteiger partial charge in [0.05, 0.1) is 30.7 Å². The fraction of sp³-hybridized carbons (Fsp3) is 0.250. The standard InChI is InChI=1S/C20H20F3N7/c1-29-17(15(10-26-29)9-24-13-20(21,22)23)11-25-18-7-8-30-12-16(27-19(30)28-18)14-5-3-2-4-6-14/h2-8,10,12,24H,9,11,13H2,1H3,(H,25,27,28). The molecule has 0 aliphatic rings. The molecule has 0 amide bonds. The minimum absolute atomic E-state index is 0.0809. The number of hydrogen-bond acceptors (Lipinski definition) is 5. The van der Waals surface area contributed by atoms with Gasteiger partial charge in [-0.25, -0.2) is 4.98 Å². The van der Waals surface area contributed by atoms with Crippen molar-refractivity contribution in [3.63, 3.8) is 0 Å². The zero-order valence-electron chi connectivity index (χ0n) is 16.2. The number of fused-ring (bicyclic) bond motifs is 1. The highest BCUT2D eigenvalue weighted by atomic mass is 19.4. The van der Waals surface area contributed by atoms with Crippen LogP contribution in [0.3, 0.4) is 0 Å². The highest BCUT2D eigenvalue weighted by Gasteiger charge is 2.26. The van der Waals surface area contributed by atoms with E-state index in [-0.39, 0.29) is 6.54 Å². The molecule has 0 bridgehead atoms. The lowest BCUT2D eigenvalue weighted by atomic mass is 10.2. The molecule has 4 aromatic rings. The molecule has 0 unspecified atom stereocenters. The SMILES string of the molecule is Cn1ncc(CNCC(F)(F)F)c1CNc1ccn2cc(-c3ccccc3)nc2n1. The molecule has 2 N–H and O–H groups in total. The largest absolute Gasteiger partial charge is 0.401 e. The Morgan fingerprint density at radius 2 is 1.83 bits per heavy atom. The van der Waals surface area contributed by atoms with Crippen molar-refractivity contribution in [2.75, 3.05) is 11.9 Å². The number of imidazole rings is 1. The zero-order chi connectivity index (χ0) is 21.1. The third-order valence-corrected chi connectivity index (χ3v) is 4.62. The summed E-state index contributed by atoms with van der Waals surface area (Å²) in [4.78, 5) is 9.09. The molecule has 0 spiro atoms. The first-order valence-electron chi connectivity index (χ1n) is 9.31. The molecule has 3 heterocycles. The third-order valence-electron chi connectivity index (χ3n) is 4.62. The monoisotopic (exact) mass is 415 g/mol. The summed E-state index contributed by atoms with van der Waals surface area (Å²) < 4.78 is 40.6. The lowest BCUT2D eigenvalue weighted by Crippen LogP contribution is -2.28. The Kier molecular flexibility index (Phi) is 5.40. The molecular formula is C20H20F3N7. The van der Waals surface area contributed by atoms with E-state index in [2.05, 4.69) is 25.7 Å². The van der Waals surface area contributed by atoms with Crippen molar-refractivity contribution in [2.45, 2.75) is 19.3 Å². The molecule has 30 heavy (non-hydrogen) atoms. The number of aryl methyl sites for hydroxylation is 1. The van der Waals surface area contributed by atoms with Crippen molar-refractivity contribution in [3.05, 3.63) is 66.2 Å². The molecule has 1 aromatic carbocycles. The first-order valence-corrected chi connectivity index (χ1v) is 9.31. The van der Waals surface area contributed by atoms with E-state index in [1.807, 2.05) is 53.2 Å². The van der Waals surface area contributed by atoms with Crippen LogP contribution < -0.4 is 10.6 Å². The lowest BCUT2D eigenvalue weighted by Gasteiger charge is -2.11. The lowest BCUT2D eigenvalue weighted by molar-refractivity contribution is -0.125. The number of halogens is 3. The van der Waals surface area contributed by atoms with Crippen molar-refractivity contribution in [2.24, 2.45) is 7.05 Å². The molecule has 7 nitrogen and oxygen atoms in total. The van der Waals surface area contributed by atoms with E-state index in [4.69, 9.17) is 0 Å². The van der Waals surface area contributed by atoms with Gasteiger partial charge in [0.15, 0.2) is 0 Å². The molecule has 0 fully saturated rings. The van der Waals surface area contributed by atoms with E-state index in [0.717, 1.165) is 17.0 Å². The van der Waals surface area contributed by atoms with Crippen LogP contribution in [0.25, 0.3) is 17.0 Å². The van der Waals surface area contributed by atoms with Crippen LogP contribution in [0.2, 0.25) is 0 Å². The third kappa shape index (κ3) is 4.60. The van der Waals surface area contributed by atoms with Crippen LogP contribution in [-0.2, 0) is 20.1 Å². The molecule has 3 aromatic heterocycles. The Hall–Kier alpha value is -3.40. The van der Waals surface area contributed by atoms with Crippen LogP contribution in [0.15, 0.2) is 55.0 Å². The van der Waals surface area contributed by atoms with Crippen molar-refractivity contribution in [1.29, 1.82) is 0 Å². The summed E-state index contributed by atoms with van der Waals surface area (Å²) in [6, 6.07) is 11.6. The molecular weight excluding hydrogens is 395 g/mol. The Balaban J connectivity index is 1.46. The van der Waals surface area contributed by atoms with Crippen LogP contribution >= 0.6 is 0 Å². The summed E-state index contributed by atoms with van der Waals surface area (Å²) in [5, 5.41) is 9.75. The first-order chi connectivity index (χ1) is 14.4. The van der Waals surface area contributed by atoms with Crippen molar-refractivity contribution < 1.29 is 13.2 Å². The maximum Gasteiger partial charge on any atom is 0.401 e. The van der Waals surface area contributed by atoms with Gasteiger partial charge in [-0.15, -0.1) is 0 Å². The van der Waals surface area contributed by atoms with Crippen molar-refractivity contribution in [3.8, 4) is 11.3 Å². The smallest absolute Gasteiger partial charge is 0.364 e. The minimum Gasteiger partial charge on any atom is -0.364 e. The summed E-state index contributed by atoms with van der Waals surface area (Å²) in [5.41, 5.74) is 3.30. The maximum absolute atomic E-state index is 12.4. The number of aromatic nitrogens is 5. The number of hydrogen-bond donors (Lipinski definition) is 2. The highest BCUT2D eigenvalue weighted by molar-refractivity contribution is 5.61. The second-order valence-corrected chi connectivity index (χ2v) is 6.82. The summed E-state index contributed by atoms with van der Waals surface area (Å²) in [5.74, 6) is 1.17. The Morgan fingerprint density at radius 3 is 2.60 bits per heavy atom. The van der Waals surface area contributed by atoms with Crippen LogP contribution in [0, 0.1) is 0 Å². The van der Waals surface area contributed by atoms with E-state index < -0.39 is 12.7 Å². The first kappa shape index (κ1) is 19.9. The van der Waals surface area contributed by atoms with E-state index in [1.165, 1.54) is 0 Å². The summed E-state index contributed by atoms with van der Waals surface area (Å²) in [7, 11) is 1.75. The topological polar surface area (TPSA) is 72.1 Å². The number of benzene rings is 1. The fourth-order valence-electron chi connectivity index (χ4n) is 3.12. The van der Waals surface area contributed by atoms with Gasteiger partial charge < -0.3 is 10.6 Å². The Labute approximate surface area is 170 Å². The van der Waals surface area contributed by atoms with Crippen molar-refractivity contribution >= 4 is 11.6 Å². The normalized spacial score (nSPS) is 11.9. The molecule has 0 aliphatic heterocycles. The number of rotatable bonds is 7. The van der Waals surface area contributed by atoms with Gasteiger partial charge in [-0.2, -0.15) is 23.3 Å². The highest BCUT2D eigenvalue weighted by Crippen LogP contribution is 2.19. The zero-order valence-corrected chi connectivity index (χ0v) is 16.2. The summed E-state index contributed by atoms with van der Waals surface area (Å²) in [6.45, 7) is -0.594. The average Bonchev–Trinajstić information content (AvgIpc) is 3.29. The van der Waals surface area contributed by atoms with Gasteiger partial charge in [0.2, 0.25) is 5.78 Å². The quantitative estimate of drug-likeness (QED) is 0.484. The molecule has 0 saturated heterocycles. The van der Waals surface area contributed by atoms with Crippen molar-refractivity contribution in [1.82, 2.24) is 29.5 Å². The minimum atomic E-state index is -4.25. The molecule has 4 rings (SSSR count). The van der Waals surface area contributed by atoms with Gasteiger partial charge >= 0.3 is 6.18 Å². The molecule has 0 atom stereocenters. The van der Waals surface area contributed by atoms with Crippen LogP contribution in [-0.4, -0.2) is 36.9 Å². The Morgan fingerprint density at radius 1 is 1.03 bits per heavy atom. The van der Waals surface area contributed by atoms with Gasteiger partial charge in [0.1, 0.15) is 5.82 Å². The van der Waals surface area contributed by atoms with E-state index in [0.29, 0.717) is 23.7 Å². The molecule has 10 heteroatoms. The number of nitrogens with one attached hydrogen (secondary N) is 2. The second kappa shape index (κ2) is 8.15. The summed E-state index contributed by atoms with van der Waals surface area (Å²) >= 11 is 0. The maximum atomic E-state index is 12.4. The number of nitrogens with zero attached hydrogens (tertiary/aromatic N) is 5. The van der Waals surface area contributed by atoms with E-state index >= 15 is 0 Å². The van der Waals surface area contributed by atoms with Crippen LogP contribution in [0.5, 0.6) is 0 Å². The molecule has 0 saturated carbocycles. The Bertz CT molecular complexity index is 1130. The van der Waals surface area contributed by atoms with Crippen LogP contribution in [0.4, 0.5) is 19.0 Å². The number of anilines is 1. The summed E-state index contributed by atoms with van der Waals surface area (Å²) in [6.07, 6.45) is 1.09. The van der Waals surface area contributed by atoms with Gasteiger partial charge in [0, 0.05) is 37.1 Å². The second-order valence-electron chi connectivity index (χ2n) is 6.82. The molecule has 0 radical (unpaired) electrons. The van der Waals surface area contributed by atoms with Gasteiger partial charge in [-0.05, 0) is 6.07 Å². The predicted molar refractivity (Wildman–Crippen MR) is 107 cm³/mol. The van der Waals surface area contributed by atoms with Gasteiger partial charge in [-0.1, -0.05) is 30.3 Å². The molecule has 0 aliphatic carbocycles. The van der Waals surface area contributed by atoms with Gasteiger partial charge in [-0.3, -0.25) is 9.08 Å². The number of alkyl halides is 3. The van der Waals surface area contributed by atoms with E-state index in [1.54, 1.807) is 17.9 Å². The average molecular weight is 415 g/mol. The van der Waals surface area contributed by atoms with Gasteiger partial charge in [0.25, 0.3) is 0 Å². The predicted octanol–water partition coefficient (Wildman–Crippen LogP) is 3.39. The fourth-order valence-corrected chi connectivity index (χ4v) is 3.12. The molecule has 156 valence electrons. The van der Waals surface area contributed by atoms with E-state index in [9.17, 15) is 13.2 Å². The van der Waals surface area contributed by atoms with Crippen LogP contribution in [0.1, 0.15) is 11.3 Å².